The zero-order chi connectivity index (χ0) is 21.3. The summed E-state index contributed by atoms with van der Waals surface area (Å²) in [6.45, 7) is 8.01. The summed E-state index contributed by atoms with van der Waals surface area (Å²) < 4.78 is 0. The van der Waals surface area contributed by atoms with Gasteiger partial charge >= 0.3 is 0 Å². The molecule has 1 aliphatic heterocycles. The first-order valence-electron chi connectivity index (χ1n) is 10.9. The highest BCUT2D eigenvalue weighted by molar-refractivity contribution is 5.96. The molecule has 6 heteroatoms. The fraction of sp³-hybridized carbons (Fsp3) is 0.500. The largest absolute Gasteiger partial charge is 0.394 e. The highest BCUT2D eigenvalue weighted by Crippen LogP contribution is 2.34. The third-order valence-corrected chi connectivity index (χ3v) is 5.89. The van der Waals surface area contributed by atoms with Crippen molar-refractivity contribution in [2.24, 2.45) is 0 Å². The standard InChI is InChI=1S/C24H32N4O2/c1-16-6-7-17(23(30)26-19-8-9-19)12-20(16)18-13-21(28-10-4-5-11-28)22(25-14-18)27-24(2,3)15-29/h6-7,12-14,19,29H,4-5,8-11,15H2,1-3H3,(H,25,27)(H,26,30). The van der Waals surface area contributed by atoms with E-state index in [9.17, 15) is 9.90 Å². The minimum absolute atomic E-state index is 0.00513. The zero-order valence-corrected chi connectivity index (χ0v) is 18.2. The maximum atomic E-state index is 12.5. The lowest BCUT2D eigenvalue weighted by Crippen LogP contribution is -2.36. The molecular weight excluding hydrogens is 376 g/mol. The molecule has 1 amide bonds. The molecule has 1 aromatic carbocycles. The number of aliphatic hydroxyl groups is 1. The van der Waals surface area contributed by atoms with Crippen LogP contribution in [0.1, 0.15) is 55.5 Å². The molecule has 2 aromatic rings. The number of anilines is 2. The molecule has 1 saturated heterocycles. The van der Waals surface area contributed by atoms with E-state index in [1.54, 1.807) is 0 Å². The second-order valence-electron chi connectivity index (χ2n) is 9.23. The molecule has 1 aliphatic carbocycles. The van der Waals surface area contributed by atoms with Crippen molar-refractivity contribution in [1.29, 1.82) is 0 Å². The van der Waals surface area contributed by atoms with Gasteiger partial charge in [0.2, 0.25) is 0 Å². The minimum Gasteiger partial charge on any atom is -0.394 e. The predicted molar refractivity (Wildman–Crippen MR) is 121 cm³/mol. The van der Waals surface area contributed by atoms with E-state index in [-0.39, 0.29) is 12.5 Å². The Labute approximate surface area is 178 Å². The van der Waals surface area contributed by atoms with Crippen LogP contribution in [0, 0.1) is 6.92 Å². The summed E-state index contributed by atoms with van der Waals surface area (Å²) >= 11 is 0. The Bertz CT molecular complexity index is 931. The highest BCUT2D eigenvalue weighted by atomic mass is 16.3. The van der Waals surface area contributed by atoms with Gasteiger partial charge in [-0.1, -0.05) is 6.07 Å². The van der Waals surface area contributed by atoms with Gasteiger partial charge in [-0.3, -0.25) is 4.79 Å². The second kappa shape index (κ2) is 8.26. The van der Waals surface area contributed by atoms with Gasteiger partial charge in [0.05, 0.1) is 17.8 Å². The number of pyridine rings is 1. The number of aliphatic hydroxyl groups excluding tert-OH is 1. The molecule has 4 rings (SSSR count). The van der Waals surface area contributed by atoms with E-state index in [1.807, 2.05) is 38.2 Å². The van der Waals surface area contributed by atoms with Crippen LogP contribution in [-0.4, -0.2) is 47.3 Å². The van der Waals surface area contributed by atoms with Crippen LogP contribution in [0.2, 0.25) is 0 Å². The number of amides is 1. The first kappa shape index (κ1) is 20.7. The molecule has 6 nitrogen and oxygen atoms in total. The maximum absolute atomic E-state index is 12.5. The van der Waals surface area contributed by atoms with Crippen molar-refractivity contribution in [3.8, 4) is 11.1 Å². The van der Waals surface area contributed by atoms with Gasteiger partial charge in [-0.15, -0.1) is 0 Å². The van der Waals surface area contributed by atoms with Crippen molar-refractivity contribution in [1.82, 2.24) is 10.3 Å². The van der Waals surface area contributed by atoms with Crippen molar-refractivity contribution in [2.75, 3.05) is 29.9 Å². The molecule has 2 fully saturated rings. The van der Waals surface area contributed by atoms with Crippen LogP contribution in [0.5, 0.6) is 0 Å². The fourth-order valence-corrected chi connectivity index (χ4v) is 3.83. The molecule has 3 N–H and O–H groups in total. The number of aromatic nitrogens is 1. The maximum Gasteiger partial charge on any atom is 0.251 e. The number of hydrogen-bond acceptors (Lipinski definition) is 5. The second-order valence-corrected chi connectivity index (χ2v) is 9.23. The summed E-state index contributed by atoms with van der Waals surface area (Å²) in [6, 6.07) is 8.38. The third-order valence-electron chi connectivity index (χ3n) is 5.89. The van der Waals surface area contributed by atoms with Gasteiger partial charge in [0.15, 0.2) is 0 Å². The molecule has 0 bridgehead atoms. The summed E-state index contributed by atoms with van der Waals surface area (Å²) in [5.41, 5.74) is 4.43. The molecule has 2 aliphatic rings. The van der Waals surface area contributed by atoms with Crippen LogP contribution in [0.3, 0.4) is 0 Å². The fourth-order valence-electron chi connectivity index (χ4n) is 3.83. The van der Waals surface area contributed by atoms with Crippen LogP contribution in [-0.2, 0) is 0 Å². The number of aryl methyl sites for hydroxylation is 1. The summed E-state index contributed by atoms with van der Waals surface area (Å²) in [6.07, 6.45) is 6.35. The first-order valence-corrected chi connectivity index (χ1v) is 10.9. The predicted octanol–water partition coefficient (Wildman–Crippen LogP) is 3.73. The molecule has 1 aromatic heterocycles. The van der Waals surface area contributed by atoms with E-state index in [0.29, 0.717) is 11.6 Å². The van der Waals surface area contributed by atoms with Crippen molar-refractivity contribution >= 4 is 17.4 Å². The summed E-state index contributed by atoms with van der Waals surface area (Å²) in [5.74, 6) is 0.787. The average Bonchev–Trinajstić information content (AvgIpc) is 3.37. The van der Waals surface area contributed by atoms with E-state index in [2.05, 4.69) is 28.5 Å². The van der Waals surface area contributed by atoms with E-state index >= 15 is 0 Å². The van der Waals surface area contributed by atoms with E-state index < -0.39 is 5.54 Å². The molecule has 30 heavy (non-hydrogen) atoms. The van der Waals surface area contributed by atoms with Gasteiger partial charge in [-0.05, 0) is 75.8 Å². The Morgan fingerprint density at radius 2 is 1.97 bits per heavy atom. The van der Waals surface area contributed by atoms with E-state index in [1.165, 1.54) is 12.8 Å². The van der Waals surface area contributed by atoms with Crippen LogP contribution in [0.15, 0.2) is 30.5 Å². The normalized spacial score (nSPS) is 16.6. The minimum atomic E-state index is -0.459. The molecule has 160 valence electrons. The van der Waals surface area contributed by atoms with Crippen LogP contribution in [0.25, 0.3) is 11.1 Å². The van der Waals surface area contributed by atoms with Crippen LogP contribution >= 0.6 is 0 Å². The third kappa shape index (κ3) is 4.59. The molecule has 0 radical (unpaired) electrons. The van der Waals surface area contributed by atoms with Crippen molar-refractivity contribution in [2.45, 2.75) is 58.0 Å². The number of carbonyl (C=O) groups is 1. The lowest BCUT2D eigenvalue weighted by Gasteiger charge is -2.29. The molecule has 0 atom stereocenters. The Balaban J connectivity index is 1.70. The smallest absolute Gasteiger partial charge is 0.251 e. The first-order chi connectivity index (χ1) is 14.4. The average molecular weight is 409 g/mol. The monoisotopic (exact) mass is 408 g/mol. The lowest BCUT2D eigenvalue weighted by atomic mass is 9.98. The Hall–Kier alpha value is -2.60. The molecule has 1 saturated carbocycles. The molecule has 0 spiro atoms. The quantitative estimate of drug-likeness (QED) is 0.651. The summed E-state index contributed by atoms with van der Waals surface area (Å²) in [7, 11) is 0. The summed E-state index contributed by atoms with van der Waals surface area (Å²) in [4.78, 5) is 19.6. The molecular formula is C24H32N4O2. The van der Waals surface area contributed by atoms with Crippen molar-refractivity contribution < 1.29 is 9.90 Å². The van der Waals surface area contributed by atoms with Gasteiger partial charge in [0.25, 0.3) is 5.91 Å². The van der Waals surface area contributed by atoms with E-state index in [0.717, 1.165) is 54.1 Å². The van der Waals surface area contributed by atoms with Gasteiger partial charge in [0, 0.05) is 36.5 Å². The number of rotatable bonds is 7. The van der Waals surface area contributed by atoms with Gasteiger partial charge in [0.1, 0.15) is 5.82 Å². The highest BCUT2D eigenvalue weighted by Gasteiger charge is 2.25. The van der Waals surface area contributed by atoms with Crippen LogP contribution < -0.4 is 15.5 Å². The Morgan fingerprint density at radius 1 is 1.23 bits per heavy atom. The lowest BCUT2D eigenvalue weighted by molar-refractivity contribution is 0.0951. The number of hydrogen-bond donors (Lipinski definition) is 3. The zero-order valence-electron chi connectivity index (χ0n) is 18.2. The van der Waals surface area contributed by atoms with Crippen LogP contribution in [0.4, 0.5) is 11.5 Å². The molecule has 0 unspecified atom stereocenters. The van der Waals surface area contributed by atoms with Crippen molar-refractivity contribution in [3.05, 3.63) is 41.6 Å². The Kier molecular flexibility index (Phi) is 5.69. The SMILES string of the molecule is Cc1ccc(C(=O)NC2CC2)cc1-c1cnc(NC(C)(C)CO)c(N2CCCC2)c1. The van der Waals surface area contributed by atoms with Gasteiger partial charge in [-0.25, -0.2) is 4.98 Å². The Morgan fingerprint density at radius 3 is 2.63 bits per heavy atom. The topological polar surface area (TPSA) is 77.5 Å². The van der Waals surface area contributed by atoms with E-state index in [4.69, 9.17) is 4.98 Å². The number of nitrogens with one attached hydrogen (secondary N) is 2. The molecule has 2 heterocycles. The number of benzene rings is 1. The number of carbonyl (C=O) groups excluding carboxylic acids is 1. The van der Waals surface area contributed by atoms with Crippen molar-refractivity contribution in [3.63, 3.8) is 0 Å². The summed E-state index contributed by atoms with van der Waals surface area (Å²) in [5, 5.41) is 16.2. The van der Waals surface area contributed by atoms with Gasteiger partial charge < -0.3 is 20.6 Å². The number of nitrogens with zero attached hydrogens (tertiary/aromatic N) is 2. The van der Waals surface area contributed by atoms with Gasteiger partial charge in [-0.2, -0.15) is 0 Å².